The average Bonchev–Trinajstić information content (AvgIpc) is 2.74. The van der Waals surface area contributed by atoms with Crippen LogP contribution >= 0.6 is 0 Å². The Morgan fingerprint density at radius 2 is 1.69 bits per heavy atom. The molecule has 6 nitrogen and oxygen atoms in total. The number of piperidine rings is 1. The zero-order valence-corrected chi connectivity index (χ0v) is 17.5. The van der Waals surface area contributed by atoms with Crippen LogP contribution in [0.5, 0.6) is 0 Å². The molecule has 0 bridgehead atoms. The highest BCUT2D eigenvalue weighted by molar-refractivity contribution is 5.92. The number of anilines is 1. The molecule has 1 aromatic heterocycles. The Bertz CT molecular complexity index is 824. The van der Waals surface area contributed by atoms with E-state index < -0.39 is 0 Å². The topological polar surface area (TPSA) is 52.6 Å². The lowest BCUT2D eigenvalue weighted by molar-refractivity contribution is 0.0684. The number of rotatable bonds is 4. The molecule has 3 heterocycles. The molecule has 0 atom stereocenters. The number of aryl methyl sites for hydroxylation is 1. The Hall–Kier alpha value is -2.47. The van der Waals surface area contributed by atoms with Crippen molar-refractivity contribution in [1.29, 1.82) is 0 Å². The number of carbonyl (C=O) groups excluding carboxylic acids is 1. The number of likely N-dealkylation sites (N-methyl/N-ethyl adjacent to an activating group) is 1. The van der Waals surface area contributed by atoms with Gasteiger partial charge in [0.25, 0.3) is 5.91 Å². The molecule has 29 heavy (non-hydrogen) atoms. The number of hydrogen-bond donors (Lipinski definition) is 0. The van der Waals surface area contributed by atoms with Crippen LogP contribution in [-0.4, -0.2) is 72.0 Å². The van der Waals surface area contributed by atoms with Gasteiger partial charge in [-0.3, -0.25) is 4.79 Å². The second-order valence-corrected chi connectivity index (χ2v) is 8.41. The van der Waals surface area contributed by atoms with E-state index in [1.54, 1.807) is 0 Å². The number of benzene rings is 1. The largest absolute Gasteiger partial charge is 0.338 e. The van der Waals surface area contributed by atoms with Crippen LogP contribution in [0.1, 0.15) is 34.6 Å². The Morgan fingerprint density at radius 1 is 1.00 bits per heavy atom. The monoisotopic (exact) mass is 393 g/mol. The Kier molecular flexibility index (Phi) is 6.09. The highest BCUT2D eigenvalue weighted by atomic mass is 16.2. The number of nitrogens with zero attached hydrogens (tertiary/aromatic N) is 5. The zero-order chi connectivity index (χ0) is 20.2. The van der Waals surface area contributed by atoms with E-state index in [1.807, 2.05) is 17.9 Å². The van der Waals surface area contributed by atoms with Crippen molar-refractivity contribution in [1.82, 2.24) is 19.8 Å². The van der Waals surface area contributed by atoms with Crippen LogP contribution in [0, 0.1) is 12.8 Å². The molecule has 0 spiro atoms. The maximum atomic E-state index is 13.1. The SMILES string of the molecule is Cc1cc(C(=O)N2CCC(Cc3ccccc3)CC2)nc(N2CCN(C)CC2)n1. The lowest BCUT2D eigenvalue weighted by Gasteiger charge is -2.33. The number of hydrogen-bond acceptors (Lipinski definition) is 5. The van der Waals surface area contributed by atoms with Gasteiger partial charge in [0.05, 0.1) is 0 Å². The summed E-state index contributed by atoms with van der Waals surface area (Å²) in [5.41, 5.74) is 2.78. The summed E-state index contributed by atoms with van der Waals surface area (Å²) in [5.74, 6) is 1.39. The van der Waals surface area contributed by atoms with Crippen LogP contribution < -0.4 is 4.90 Å². The first kappa shape index (κ1) is 19.8. The smallest absolute Gasteiger partial charge is 0.272 e. The summed E-state index contributed by atoms with van der Waals surface area (Å²) in [7, 11) is 2.13. The lowest BCUT2D eigenvalue weighted by atomic mass is 9.90. The second kappa shape index (κ2) is 8.91. The first-order valence-electron chi connectivity index (χ1n) is 10.7. The minimum Gasteiger partial charge on any atom is -0.338 e. The molecule has 0 saturated carbocycles. The normalized spacial score (nSPS) is 18.8. The maximum absolute atomic E-state index is 13.1. The number of aromatic nitrogens is 2. The molecule has 2 aliphatic rings. The summed E-state index contributed by atoms with van der Waals surface area (Å²) in [4.78, 5) is 28.8. The molecule has 0 aliphatic carbocycles. The number of likely N-dealkylation sites (tertiary alicyclic amines) is 1. The molecule has 0 unspecified atom stereocenters. The summed E-state index contributed by atoms with van der Waals surface area (Å²) in [6.07, 6.45) is 3.20. The molecule has 2 aliphatic heterocycles. The van der Waals surface area contributed by atoms with Gasteiger partial charge < -0.3 is 14.7 Å². The van der Waals surface area contributed by atoms with Crippen molar-refractivity contribution in [2.45, 2.75) is 26.2 Å². The fourth-order valence-corrected chi connectivity index (χ4v) is 4.26. The summed E-state index contributed by atoms with van der Waals surface area (Å²) in [6, 6.07) is 12.5. The highest BCUT2D eigenvalue weighted by Crippen LogP contribution is 2.23. The van der Waals surface area contributed by atoms with Gasteiger partial charge in [-0.05, 0) is 50.8 Å². The summed E-state index contributed by atoms with van der Waals surface area (Å²) < 4.78 is 0. The maximum Gasteiger partial charge on any atom is 0.272 e. The van der Waals surface area contributed by atoms with Crippen LogP contribution in [0.3, 0.4) is 0 Å². The Labute approximate surface area is 173 Å². The number of carbonyl (C=O) groups is 1. The summed E-state index contributed by atoms with van der Waals surface area (Å²) in [5, 5.41) is 0. The fourth-order valence-electron chi connectivity index (χ4n) is 4.26. The van der Waals surface area contributed by atoms with Crippen LogP contribution in [0.15, 0.2) is 36.4 Å². The van der Waals surface area contributed by atoms with Gasteiger partial charge in [0.1, 0.15) is 5.69 Å². The molecule has 1 amide bonds. The van der Waals surface area contributed by atoms with Crippen molar-refractivity contribution in [3.63, 3.8) is 0 Å². The third-order valence-electron chi connectivity index (χ3n) is 6.12. The molecule has 4 rings (SSSR count). The predicted molar refractivity (Wildman–Crippen MR) is 115 cm³/mol. The third kappa shape index (κ3) is 4.93. The second-order valence-electron chi connectivity index (χ2n) is 8.41. The van der Waals surface area contributed by atoms with Gasteiger partial charge in [-0.15, -0.1) is 0 Å². The van der Waals surface area contributed by atoms with E-state index in [-0.39, 0.29) is 5.91 Å². The van der Waals surface area contributed by atoms with E-state index in [9.17, 15) is 4.79 Å². The molecular weight excluding hydrogens is 362 g/mol. The van der Waals surface area contributed by atoms with Crippen LogP contribution in [-0.2, 0) is 6.42 Å². The quantitative estimate of drug-likeness (QED) is 0.799. The van der Waals surface area contributed by atoms with Gasteiger partial charge in [-0.25, -0.2) is 9.97 Å². The van der Waals surface area contributed by atoms with Gasteiger partial charge in [0.15, 0.2) is 0 Å². The fraction of sp³-hybridized carbons (Fsp3) is 0.522. The molecular formula is C23H31N5O. The first-order chi connectivity index (χ1) is 14.1. The minimum absolute atomic E-state index is 0.0454. The van der Waals surface area contributed by atoms with Crippen LogP contribution in [0.2, 0.25) is 0 Å². The summed E-state index contributed by atoms with van der Waals surface area (Å²) >= 11 is 0. The van der Waals surface area contributed by atoms with Crippen LogP contribution in [0.4, 0.5) is 5.95 Å². The van der Waals surface area contributed by atoms with E-state index in [0.717, 1.165) is 64.2 Å². The average molecular weight is 394 g/mol. The van der Waals surface area contributed by atoms with Crippen molar-refractivity contribution >= 4 is 11.9 Å². The standard InChI is InChI=1S/C23H31N5O/c1-18-16-21(25-23(24-18)28-14-12-26(2)13-15-28)22(29)27-10-8-20(9-11-27)17-19-6-4-3-5-7-19/h3-7,16,20H,8-15,17H2,1-2H3. The van der Waals surface area contributed by atoms with Crippen molar-refractivity contribution in [3.8, 4) is 0 Å². The number of amides is 1. The van der Waals surface area contributed by atoms with Crippen molar-refractivity contribution in [2.24, 2.45) is 5.92 Å². The van der Waals surface area contributed by atoms with Crippen molar-refractivity contribution in [3.05, 3.63) is 53.3 Å². The van der Waals surface area contributed by atoms with Crippen LogP contribution in [0.25, 0.3) is 0 Å². The first-order valence-corrected chi connectivity index (χ1v) is 10.7. The molecule has 2 saturated heterocycles. The molecule has 6 heteroatoms. The Morgan fingerprint density at radius 3 is 2.38 bits per heavy atom. The third-order valence-corrected chi connectivity index (χ3v) is 6.12. The zero-order valence-electron chi connectivity index (χ0n) is 17.5. The minimum atomic E-state index is 0.0454. The van der Waals surface area contributed by atoms with Crippen molar-refractivity contribution in [2.75, 3.05) is 51.2 Å². The van der Waals surface area contributed by atoms with E-state index in [4.69, 9.17) is 0 Å². The lowest BCUT2D eigenvalue weighted by Crippen LogP contribution is -2.45. The number of piperazine rings is 1. The van der Waals surface area contributed by atoms with Crippen molar-refractivity contribution < 1.29 is 4.79 Å². The van der Waals surface area contributed by atoms with E-state index >= 15 is 0 Å². The highest BCUT2D eigenvalue weighted by Gasteiger charge is 2.26. The molecule has 2 aromatic rings. The Balaban J connectivity index is 1.38. The van der Waals surface area contributed by atoms with E-state index in [2.05, 4.69) is 57.1 Å². The van der Waals surface area contributed by atoms with E-state index in [0.29, 0.717) is 17.6 Å². The molecule has 2 fully saturated rings. The molecule has 0 N–H and O–H groups in total. The van der Waals surface area contributed by atoms with Gasteiger partial charge >= 0.3 is 0 Å². The summed E-state index contributed by atoms with van der Waals surface area (Å²) in [6.45, 7) is 7.36. The molecule has 154 valence electrons. The molecule has 0 radical (unpaired) electrons. The predicted octanol–water partition coefficient (Wildman–Crippen LogP) is 2.63. The molecule has 1 aromatic carbocycles. The van der Waals surface area contributed by atoms with E-state index in [1.165, 1.54) is 5.56 Å². The van der Waals surface area contributed by atoms with Gasteiger partial charge in [0, 0.05) is 45.0 Å². The van der Waals surface area contributed by atoms with Gasteiger partial charge in [-0.1, -0.05) is 30.3 Å². The van der Waals surface area contributed by atoms with Gasteiger partial charge in [-0.2, -0.15) is 0 Å². The van der Waals surface area contributed by atoms with Gasteiger partial charge in [0.2, 0.25) is 5.95 Å².